The molecule has 0 fully saturated rings. The monoisotopic (exact) mass is 354 g/mol. The van der Waals surface area contributed by atoms with Crippen LogP contribution >= 0.6 is 27.7 Å². The van der Waals surface area contributed by atoms with Gasteiger partial charge in [-0.1, -0.05) is 15.9 Å². The van der Waals surface area contributed by atoms with Crippen LogP contribution in [0.2, 0.25) is 0 Å². The van der Waals surface area contributed by atoms with E-state index in [2.05, 4.69) is 21.2 Å². The molecule has 0 aliphatic carbocycles. The van der Waals surface area contributed by atoms with Crippen molar-refractivity contribution in [3.63, 3.8) is 0 Å². The van der Waals surface area contributed by atoms with Crippen LogP contribution in [0.5, 0.6) is 0 Å². The molecule has 1 aromatic carbocycles. The van der Waals surface area contributed by atoms with Gasteiger partial charge in [0.2, 0.25) is 5.91 Å². The van der Waals surface area contributed by atoms with Crippen molar-refractivity contribution in [1.29, 1.82) is 0 Å². The summed E-state index contributed by atoms with van der Waals surface area (Å²) in [6.45, 7) is 2.24. The van der Waals surface area contributed by atoms with E-state index >= 15 is 0 Å². The summed E-state index contributed by atoms with van der Waals surface area (Å²) in [6.07, 6.45) is 1.59. The second kappa shape index (κ2) is 6.85. The minimum Gasteiger partial charge on any atom is -0.467 e. The third-order valence-electron chi connectivity index (χ3n) is 2.67. The van der Waals surface area contributed by atoms with Gasteiger partial charge in [0.25, 0.3) is 0 Å². The van der Waals surface area contributed by atoms with Gasteiger partial charge in [-0.25, -0.2) is 0 Å². The quantitative estimate of drug-likeness (QED) is 0.637. The number of furan rings is 1. The lowest BCUT2D eigenvalue weighted by Gasteiger charge is -2.13. The van der Waals surface area contributed by atoms with Crippen LogP contribution in [0.3, 0.4) is 0 Å². The van der Waals surface area contributed by atoms with Gasteiger partial charge in [0.05, 0.1) is 18.1 Å². The van der Waals surface area contributed by atoms with Gasteiger partial charge < -0.3 is 15.5 Å². The Morgan fingerprint density at radius 1 is 1.50 bits per heavy atom. The number of thioether (sulfide) groups is 1. The Hall–Kier alpha value is -1.40. The number of halogens is 1. The van der Waals surface area contributed by atoms with Gasteiger partial charge >= 0.3 is 0 Å². The maximum atomic E-state index is 12.0. The number of nitrogens with one attached hydrogen (secondary N) is 1. The molecule has 2 aromatic rings. The van der Waals surface area contributed by atoms with E-state index < -0.39 is 0 Å². The maximum absolute atomic E-state index is 12.0. The fraction of sp³-hybridized carbons (Fsp3) is 0.214. The van der Waals surface area contributed by atoms with E-state index in [1.165, 1.54) is 11.8 Å². The van der Waals surface area contributed by atoms with Crippen molar-refractivity contribution in [2.24, 2.45) is 0 Å². The summed E-state index contributed by atoms with van der Waals surface area (Å²) in [5, 5.41) is 2.60. The highest BCUT2D eigenvalue weighted by Gasteiger charge is 2.16. The number of hydrogen-bond donors (Lipinski definition) is 2. The van der Waals surface area contributed by atoms with E-state index in [0.717, 1.165) is 15.1 Å². The lowest BCUT2D eigenvalue weighted by molar-refractivity contribution is -0.120. The Morgan fingerprint density at radius 2 is 2.30 bits per heavy atom. The number of hydrogen-bond acceptors (Lipinski definition) is 4. The molecular weight excluding hydrogens is 340 g/mol. The standard InChI is InChI=1S/C14H15BrN2O2S/c1-9(14(18)17-8-11-3-2-6-19-11)20-13-7-10(15)4-5-12(13)16/h2-7,9H,8,16H2,1H3,(H,17,18). The number of amides is 1. The van der Waals surface area contributed by atoms with Crippen molar-refractivity contribution >= 4 is 39.3 Å². The fourth-order valence-corrected chi connectivity index (χ4v) is 3.07. The van der Waals surface area contributed by atoms with Crippen LogP contribution in [0.15, 0.2) is 50.4 Å². The van der Waals surface area contributed by atoms with Gasteiger partial charge in [-0.15, -0.1) is 11.8 Å². The molecule has 0 aliphatic heterocycles. The first-order valence-electron chi connectivity index (χ1n) is 6.08. The number of nitrogen functional groups attached to an aromatic ring is 1. The van der Waals surface area contributed by atoms with Crippen LogP contribution in [-0.4, -0.2) is 11.2 Å². The summed E-state index contributed by atoms with van der Waals surface area (Å²) in [4.78, 5) is 12.9. The number of anilines is 1. The fourth-order valence-electron chi connectivity index (χ4n) is 1.59. The number of carbonyl (C=O) groups excluding carboxylic acids is 1. The molecule has 0 spiro atoms. The molecule has 1 aromatic heterocycles. The summed E-state index contributed by atoms with van der Waals surface area (Å²) in [6, 6.07) is 9.23. The lowest BCUT2D eigenvalue weighted by atomic mass is 10.3. The van der Waals surface area contributed by atoms with E-state index in [1.807, 2.05) is 31.2 Å². The predicted molar refractivity (Wildman–Crippen MR) is 84.4 cm³/mol. The molecule has 6 heteroatoms. The zero-order valence-corrected chi connectivity index (χ0v) is 13.3. The number of rotatable bonds is 5. The van der Waals surface area contributed by atoms with Gasteiger partial charge in [0.15, 0.2) is 0 Å². The molecule has 20 heavy (non-hydrogen) atoms. The van der Waals surface area contributed by atoms with Crippen LogP contribution in [-0.2, 0) is 11.3 Å². The summed E-state index contributed by atoms with van der Waals surface area (Å²) in [5.41, 5.74) is 6.57. The van der Waals surface area contributed by atoms with Crippen molar-refractivity contribution < 1.29 is 9.21 Å². The molecule has 1 unspecified atom stereocenters. The zero-order chi connectivity index (χ0) is 14.5. The SMILES string of the molecule is CC(Sc1cc(Br)ccc1N)C(=O)NCc1ccco1. The van der Waals surface area contributed by atoms with Gasteiger partial charge in [0.1, 0.15) is 5.76 Å². The molecule has 4 nitrogen and oxygen atoms in total. The Kier molecular flexibility index (Phi) is 5.14. The van der Waals surface area contributed by atoms with Crippen molar-refractivity contribution in [1.82, 2.24) is 5.32 Å². The van der Waals surface area contributed by atoms with Crippen molar-refractivity contribution in [3.8, 4) is 0 Å². The van der Waals surface area contributed by atoms with Gasteiger partial charge in [-0.3, -0.25) is 4.79 Å². The molecule has 0 bridgehead atoms. The molecule has 0 saturated carbocycles. The number of benzene rings is 1. The highest BCUT2D eigenvalue weighted by atomic mass is 79.9. The Bertz CT molecular complexity index is 587. The molecule has 1 amide bonds. The normalized spacial score (nSPS) is 12.1. The third-order valence-corrected chi connectivity index (χ3v) is 4.33. The summed E-state index contributed by atoms with van der Waals surface area (Å²) in [5.74, 6) is 0.684. The summed E-state index contributed by atoms with van der Waals surface area (Å²) >= 11 is 4.83. The molecule has 0 aliphatic rings. The van der Waals surface area contributed by atoms with E-state index in [-0.39, 0.29) is 11.2 Å². The van der Waals surface area contributed by atoms with Crippen LogP contribution in [0.4, 0.5) is 5.69 Å². The first kappa shape index (κ1) is 15.0. The lowest BCUT2D eigenvalue weighted by Crippen LogP contribution is -2.30. The van der Waals surface area contributed by atoms with Crippen LogP contribution in [0, 0.1) is 0 Å². The van der Waals surface area contributed by atoms with E-state index in [0.29, 0.717) is 12.2 Å². The van der Waals surface area contributed by atoms with Gasteiger partial charge in [-0.2, -0.15) is 0 Å². The third kappa shape index (κ3) is 4.05. The highest BCUT2D eigenvalue weighted by Crippen LogP contribution is 2.31. The molecular formula is C14H15BrN2O2S. The van der Waals surface area contributed by atoms with E-state index in [4.69, 9.17) is 10.2 Å². The van der Waals surface area contributed by atoms with Crippen molar-refractivity contribution in [3.05, 3.63) is 46.8 Å². The van der Waals surface area contributed by atoms with E-state index in [1.54, 1.807) is 12.3 Å². The Labute approximate surface area is 130 Å². The van der Waals surface area contributed by atoms with Gasteiger partial charge in [0, 0.05) is 15.1 Å². The van der Waals surface area contributed by atoms with E-state index in [9.17, 15) is 4.79 Å². The molecule has 106 valence electrons. The van der Waals surface area contributed by atoms with Crippen LogP contribution in [0.1, 0.15) is 12.7 Å². The molecule has 2 rings (SSSR count). The molecule has 3 N–H and O–H groups in total. The van der Waals surface area contributed by atoms with Crippen LogP contribution < -0.4 is 11.1 Å². The minimum atomic E-state index is -0.235. The van der Waals surface area contributed by atoms with Crippen molar-refractivity contribution in [2.75, 3.05) is 5.73 Å². The first-order chi connectivity index (χ1) is 9.56. The second-order valence-electron chi connectivity index (χ2n) is 4.24. The van der Waals surface area contributed by atoms with Crippen LogP contribution in [0.25, 0.3) is 0 Å². The average Bonchev–Trinajstić information content (AvgIpc) is 2.93. The first-order valence-corrected chi connectivity index (χ1v) is 7.75. The molecule has 0 radical (unpaired) electrons. The molecule has 1 atom stereocenters. The minimum absolute atomic E-state index is 0.0502. The molecule has 1 heterocycles. The molecule has 0 saturated heterocycles. The predicted octanol–water partition coefficient (Wildman–Crippen LogP) is 3.42. The highest BCUT2D eigenvalue weighted by molar-refractivity contribution is 9.10. The van der Waals surface area contributed by atoms with Gasteiger partial charge in [-0.05, 0) is 37.3 Å². The second-order valence-corrected chi connectivity index (χ2v) is 6.54. The largest absolute Gasteiger partial charge is 0.467 e. The average molecular weight is 355 g/mol. The summed E-state index contributed by atoms with van der Waals surface area (Å²) < 4.78 is 6.11. The van der Waals surface area contributed by atoms with Crippen molar-refractivity contribution in [2.45, 2.75) is 23.6 Å². The Morgan fingerprint density at radius 3 is 3.00 bits per heavy atom. The topological polar surface area (TPSA) is 68.3 Å². The smallest absolute Gasteiger partial charge is 0.233 e. The Balaban J connectivity index is 1.92. The summed E-state index contributed by atoms with van der Waals surface area (Å²) in [7, 11) is 0. The zero-order valence-electron chi connectivity index (χ0n) is 10.9. The number of carbonyl (C=O) groups is 1. The maximum Gasteiger partial charge on any atom is 0.233 e. The number of nitrogens with two attached hydrogens (primary N) is 1.